The Labute approximate surface area is 117 Å². The zero-order valence-electron chi connectivity index (χ0n) is 10.7. The molecule has 3 rings (SSSR count). The molecule has 2 aliphatic rings. The molecule has 2 bridgehead atoms. The number of rotatable bonds is 4. The van der Waals surface area contributed by atoms with E-state index in [0.717, 1.165) is 28.7 Å². The molecule has 2 saturated carbocycles. The zero-order valence-corrected chi connectivity index (χ0v) is 12.3. The molecule has 0 N–H and O–H groups in total. The zero-order chi connectivity index (χ0) is 12.5. The first-order valence-electron chi connectivity index (χ1n) is 6.69. The molecule has 1 aromatic carbocycles. The van der Waals surface area contributed by atoms with Gasteiger partial charge in [-0.2, -0.15) is 0 Å². The van der Waals surface area contributed by atoms with E-state index in [9.17, 15) is 0 Å². The van der Waals surface area contributed by atoms with Crippen LogP contribution in [0.3, 0.4) is 0 Å². The SMILES string of the molecule is COc1ccc(CBr)c(OC2CC3CCC2C3)c1. The Kier molecular flexibility index (Phi) is 3.51. The van der Waals surface area contributed by atoms with Crippen molar-refractivity contribution in [3.63, 3.8) is 0 Å². The molecule has 0 aliphatic heterocycles. The van der Waals surface area contributed by atoms with Crippen LogP contribution in [0.2, 0.25) is 0 Å². The Hall–Kier alpha value is -0.700. The van der Waals surface area contributed by atoms with Crippen LogP contribution in [-0.2, 0) is 5.33 Å². The summed E-state index contributed by atoms with van der Waals surface area (Å²) in [4.78, 5) is 0. The largest absolute Gasteiger partial charge is 0.497 e. The van der Waals surface area contributed by atoms with Gasteiger partial charge in [-0.15, -0.1) is 0 Å². The molecule has 98 valence electrons. The molecule has 3 heteroatoms. The fourth-order valence-electron chi connectivity index (χ4n) is 3.38. The number of ether oxygens (including phenoxy) is 2. The van der Waals surface area contributed by atoms with E-state index in [2.05, 4.69) is 22.0 Å². The number of benzene rings is 1. The van der Waals surface area contributed by atoms with Crippen LogP contribution >= 0.6 is 15.9 Å². The first-order chi connectivity index (χ1) is 8.80. The van der Waals surface area contributed by atoms with Crippen LogP contribution in [0.4, 0.5) is 0 Å². The van der Waals surface area contributed by atoms with E-state index in [0.29, 0.717) is 6.10 Å². The predicted octanol–water partition coefficient (Wildman–Crippen LogP) is 4.16. The fraction of sp³-hybridized carbons (Fsp3) is 0.600. The average Bonchev–Trinajstić information content (AvgIpc) is 3.01. The van der Waals surface area contributed by atoms with Crippen LogP contribution in [0.15, 0.2) is 18.2 Å². The molecule has 0 heterocycles. The second-order valence-corrected chi connectivity index (χ2v) is 6.00. The maximum atomic E-state index is 6.26. The molecule has 0 saturated heterocycles. The van der Waals surface area contributed by atoms with E-state index in [1.165, 1.54) is 31.2 Å². The summed E-state index contributed by atoms with van der Waals surface area (Å²) in [7, 11) is 1.70. The Bertz CT molecular complexity index is 433. The van der Waals surface area contributed by atoms with E-state index in [-0.39, 0.29) is 0 Å². The van der Waals surface area contributed by atoms with Crippen molar-refractivity contribution in [2.75, 3.05) is 7.11 Å². The van der Waals surface area contributed by atoms with E-state index < -0.39 is 0 Å². The smallest absolute Gasteiger partial charge is 0.127 e. The van der Waals surface area contributed by atoms with Crippen LogP contribution in [0.1, 0.15) is 31.2 Å². The van der Waals surface area contributed by atoms with Gasteiger partial charge >= 0.3 is 0 Å². The molecule has 3 atom stereocenters. The third-order valence-corrected chi connectivity index (χ3v) is 4.97. The first kappa shape index (κ1) is 12.3. The van der Waals surface area contributed by atoms with Gasteiger partial charge in [0.05, 0.1) is 7.11 Å². The second-order valence-electron chi connectivity index (χ2n) is 5.44. The maximum Gasteiger partial charge on any atom is 0.127 e. The highest BCUT2D eigenvalue weighted by molar-refractivity contribution is 9.08. The van der Waals surface area contributed by atoms with Gasteiger partial charge < -0.3 is 9.47 Å². The van der Waals surface area contributed by atoms with Gasteiger partial charge in [0.1, 0.15) is 17.6 Å². The molecule has 3 unspecified atom stereocenters. The third kappa shape index (κ3) is 2.25. The summed E-state index contributed by atoms with van der Waals surface area (Å²) in [5, 5.41) is 0.827. The van der Waals surface area contributed by atoms with Crippen molar-refractivity contribution in [1.82, 2.24) is 0 Å². The van der Waals surface area contributed by atoms with Crippen molar-refractivity contribution in [1.29, 1.82) is 0 Å². The lowest BCUT2D eigenvalue weighted by Gasteiger charge is -2.24. The highest BCUT2D eigenvalue weighted by Gasteiger charge is 2.41. The lowest BCUT2D eigenvalue weighted by Crippen LogP contribution is -2.23. The van der Waals surface area contributed by atoms with Gasteiger partial charge in [-0.3, -0.25) is 0 Å². The van der Waals surface area contributed by atoms with E-state index >= 15 is 0 Å². The van der Waals surface area contributed by atoms with Crippen molar-refractivity contribution in [2.45, 2.75) is 37.1 Å². The van der Waals surface area contributed by atoms with Crippen molar-refractivity contribution >= 4 is 15.9 Å². The van der Waals surface area contributed by atoms with Crippen LogP contribution in [0.5, 0.6) is 11.5 Å². The van der Waals surface area contributed by atoms with Crippen LogP contribution < -0.4 is 9.47 Å². The third-order valence-electron chi connectivity index (χ3n) is 4.37. The van der Waals surface area contributed by atoms with Crippen molar-refractivity contribution in [3.8, 4) is 11.5 Å². The molecule has 18 heavy (non-hydrogen) atoms. The molecular weight excluding hydrogens is 292 g/mol. The van der Waals surface area contributed by atoms with Crippen LogP contribution in [-0.4, -0.2) is 13.2 Å². The average molecular weight is 311 g/mol. The minimum atomic E-state index is 0.425. The Balaban J connectivity index is 1.78. The van der Waals surface area contributed by atoms with Gasteiger partial charge in [0, 0.05) is 17.0 Å². The summed E-state index contributed by atoms with van der Waals surface area (Å²) in [6, 6.07) is 6.09. The van der Waals surface area contributed by atoms with Gasteiger partial charge in [0.15, 0.2) is 0 Å². The molecule has 0 aromatic heterocycles. The van der Waals surface area contributed by atoms with Crippen LogP contribution in [0, 0.1) is 11.8 Å². The summed E-state index contributed by atoms with van der Waals surface area (Å²) in [6.45, 7) is 0. The van der Waals surface area contributed by atoms with E-state index in [1.54, 1.807) is 7.11 Å². The van der Waals surface area contributed by atoms with Gasteiger partial charge in [0.25, 0.3) is 0 Å². The quantitative estimate of drug-likeness (QED) is 0.778. The number of hydrogen-bond acceptors (Lipinski definition) is 2. The standard InChI is InChI=1S/C15H19BrO2/c1-17-13-5-4-12(9-16)15(8-13)18-14-7-10-2-3-11(14)6-10/h4-5,8,10-11,14H,2-3,6-7,9H2,1H3. The molecule has 2 aliphatic carbocycles. The number of fused-ring (bicyclic) bond motifs is 2. The van der Waals surface area contributed by atoms with Crippen molar-refractivity contribution in [3.05, 3.63) is 23.8 Å². The number of hydrogen-bond donors (Lipinski definition) is 0. The summed E-state index contributed by atoms with van der Waals surface area (Å²) in [5.41, 5.74) is 1.21. The lowest BCUT2D eigenvalue weighted by atomic mass is 9.97. The molecule has 0 radical (unpaired) electrons. The summed E-state index contributed by atoms with van der Waals surface area (Å²) in [5.74, 6) is 3.56. The number of halogens is 1. The highest BCUT2D eigenvalue weighted by atomic mass is 79.9. The molecule has 0 spiro atoms. The Morgan fingerprint density at radius 2 is 2.17 bits per heavy atom. The fourth-order valence-corrected chi connectivity index (χ4v) is 3.84. The van der Waals surface area contributed by atoms with Gasteiger partial charge in [0.2, 0.25) is 0 Å². The molecule has 2 fully saturated rings. The monoisotopic (exact) mass is 310 g/mol. The molecule has 0 amide bonds. The topological polar surface area (TPSA) is 18.5 Å². The van der Waals surface area contributed by atoms with Crippen molar-refractivity contribution < 1.29 is 9.47 Å². The normalized spacial score (nSPS) is 29.6. The van der Waals surface area contributed by atoms with Gasteiger partial charge in [-0.25, -0.2) is 0 Å². The summed E-state index contributed by atoms with van der Waals surface area (Å²) < 4.78 is 11.5. The first-order valence-corrected chi connectivity index (χ1v) is 7.82. The van der Waals surface area contributed by atoms with Gasteiger partial charge in [-0.05, 0) is 43.6 Å². The predicted molar refractivity (Wildman–Crippen MR) is 75.5 cm³/mol. The molecular formula is C15H19BrO2. The summed E-state index contributed by atoms with van der Waals surface area (Å²) >= 11 is 3.52. The van der Waals surface area contributed by atoms with E-state index in [4.69, 9.17) is 9.47 Å². The second kappa shape index (κ2) is 5.12. The van der Waals surface area contributed by atoms with E-state index in [1.807, 2.05) is 12.1 Å². The minimum absolute atomic E-state index is 0.425. The highest BCUT2D eigenvalue weighted by Crippen LogP contribution is 2.46. The van der Waals surface area contributed by atoms with Gasteiger partial charge in [-0.1, -0.05) is 22.0 Å². The summed E-state index contributed by atoms with van der Waals surface area (Å²) in [6.07, 6.45) is 5.80. The maximum absolute atomic E-state index is 6.26. The lowest BCUT2D eigenvalue weighted by molar-refractivity contribution is 0.137. The Morgan fingerprint density at radius 1 is 1.28 bits per heavy atom. The number of methoxy groups -OCH3 is 1. The Morgan fingerprint density at radius 3 is 2.78 bits per heavy atom. The number of alkyl halides is 1. The minimum Gasteiger partial charge on any atom is -0.497 e. The van der Waals surface area contributed by atoms with Crippen molar-refractivity contribution in [2.24, 2.45) is 11.8 Å². The molecule has 1 aromatic rings. The molecule has 2 nitrogen and oxygen atoms in total. The van der Waals surface area contributed by atoms with Crippen LogP contribution in [0.25, 0.3) is 0 Å².